The van der Waals surface area contributed by atoms with Crippen LogP contribution in [-0.4, -0.2) is 21.0 Å². The van der Waals surface area contributed by atoms with E-state index in [1.807, 2.05) is 45.0 Å². The Morgan fingerprint density at radius 3 is 2.41 bits per heavy atom. The van der Waals surface area contributed by atoms with Crippen molar-refractivity contribution in [1.82, 2.24) is 4.90 Å². The van der Waals surface area contributed by atoms with Crippen LogP contribution in [0.1, 0.15) is 28.0 Å². The highest BCUT2D eigenvalue weighted by atomic mass is 32.2. The normalized spacial score (nSPS) is 15.1. The van der Waals surface area contributed by atoms with Crippen LogP contribution >= 0.6 is 11.8 Å². The monoisotopic (exact) mass is 448 g/mol. The summed E-state index contributed by atoms with van der Waals surface area (Å²) in [7, 11) is 0. The third-order valence-corrected chi connectivity index (χ3v) is 6.22. The van der Waals surface area contributed by atoms with Gasteiger partial charge in [0.15, 0.2) is 0 Å². The number of imide groups is 1. The van der Waals surface area contributed by atoms with E-state index in [2.05, 4.69) is 0 Å². The van der Waals surface area contributed by atoms with Crippen molar-refractivity contribution in [3.8, 4) is 11.3 Å². The van der Waals surface area contributed by atoms with Crippen LogP contribution in [0.15, 0.2) is 57.9 Å². The van der Waals surface area contributed by atoms with Crippen molar-refractivity contribution in [3.05, 3.63) is 91.6 Å². The summed E-state index contributed by atoms with van der Waals surface area (Å²) in [5, 5.41) is 11.1. The maximum atomic E-state index is 12.8. The summed E-state index contributed by atoms with van der Waals surface area (Å²) in [5.74, 6) is 0.272. The number of nitrogens with zero attached hydrogens (tertiary/aromatic N) is 2. The molecule has 0 saturated carbocycles. The number of rotatable bonds is 5. The molecule has 0 aliphatic carbocycles. The Hall–Kier alpha value is -3.65. The predicted octanol–water partition coefficient (Wildman–Crippen LogP) is 6.02. The van der Waals surface area contributed by atoms with E-state index in [0.29, 0.717) is 17.1 Å². The number of thioether (sulfide) groups is 1. The molecule has 1 saturated heterocycles. The van der Waals surface area contributed by atoms with Crippen molar-refractivity contribution in [2.24, 2.45) is 0 Å². The number of benzene rings is 2. The fourth-order valence-corrected chi connectivity index (χ4v) is 4.18. The Bertz CT molecular complexity index is 1270. The summed E-state index contributed by atoms with van der Waals surface area (Å²) in [6, 6.07) is 14.1. The SMILES string of the molecule is Cc1ccc(CN2C(=O)S/C(=C\c3ccc(-c4cc(C)c(C)cc4[N+](=O)[O-])o3)C2=O)cc1. The van der Waals surface area contributed by atoms with Crippen molar-refractivity contribution in [1.29, 1.82) is 0 Å². The van der Waals surface area contributed by atoms with Gasteiger partial charge in [0.05, 0.1) is 21.9 Å². The van der Waals surface area contributed by atoms with E-state index in [1.54, 1.807) is 18.2 Å². The second-order valence-corrected chi connectivity index (χ2v) is 8.66. The van der Waals surface area contributed by atoms with Gasteiger partial charge in [-0.3, -0.25) is 24.6 Å². The molecule has 0 spiro atoms. The lowest BCUT2D eigenvalue weighted by atomic mass is 10.0. The fourth-order valence-electron chi connectivity index (χ4n) is 3.37. The minimum absolute atomic E-state index is 0.0487. The van der Waals surface area contributed by atoms with E-state index in [9.17, 15) is 19.7 Å². The zero-order valence-corrected chi connectivity index (χ0v) is 18.6. The number of carbonyl (C=O) groups is 2. The molecule has 0 atom stereocenters. The lowest BCUT2D eigenvalue weighted by Gasteiger charge is -2.12. The summed E-state index contributed by atoms with van der Waals surface area (Å²) in [4.78, 5) is 37.7. The van der Waals surface area contributed by atoms with Gasteiger partial charge >= 0.3 is 0 Å². The van der Waals surface area contributed by atoms with Gasteiger partial charge in [0.1, 0.15) is 11.5 Å². The number of aryl methyl sites for hydroxylation is 3. The first-order chi connectivity index (χ1) is 15.2. The van der Waals surface area contributed by atoms with Crippen LogP contribution in [0.2, 0.25) is 0 Å². The molecule has 8 heteroatoms. The van der Waals surface area contributed by atoms with E-state index in [-0.39, 0.29) is 22.4 Å². The van der Waals surface area contributed by atoms with Crippen LogP contribution in [0.5, 0.6) is 0 Å². The second-order valence-electron chi connectivity index (χ2n) is 7.67. The minimum Gasteiger partial charge on any atom is -0.456 e. The number of nitro benzene ring substituents is 1. The van der Waals surface area contributed by atoms with Gasteiger partial charge in [0.2, 0.25) is 0 Å². The first-order valence-electron chi connectivity index (χ1n) is 9.89. The van der Waals surface area contributed by atoms with Crippen LogP contribution in [0.4, 0.5) is 10.5 Å². The van der Waals surface area contributed by atoms with Crippen LogP contribution in [-0.2, 0) is 11.3 Å². The molecule has 1 fully saturated rings. The summed E-state index contributed by atoms with van der Waals surface area (Å²) in [6.45, 7) is 5.85. The average Bonchev–Trinajstić information content (AvgIpc) is 3.31. The largest absolute Gasteiger partial charge is 0.456 e. The Morgan fingerprint density at radius 2 is 1.72 bits per heavy atom. The van der Waals surface area contributed by atoms with Crippen molar-refractivity contribution in [2.75, 3.05) is 0 Å². The van der Waals surface area contributed by atoms with Crippen molar-refractivity contribution in [3.63, 3.8) is 0 Å². The Kier molecular flexibility index (Phi) is 5.71. The average molecular weight is 449 g/mol. The number of amides is 2. The maximum Gasteiger partial charge on any atom is 0.293 e. The molecule has 1 aromatic heterocycles. The molecule has 2 heterocycles. The number of carbonyl (C=O) groups excluding carboxylic acids is 2. The lowest BCUT2D eigenvalue weighted by molar-refractivity contribution is -0.384. The molecule has 2 amide bonds. The molecule has 0 N–H and O–H groups in total. The lowest BCUT2D eigenvalue weighted by Crippen LogP contribution is -2.27. The van der Waals surface area contributed by atoms with Gasteiger partial charge in [-0.25, -0.2) is 0 Å². The summed E-state index contributed by atoms with van der Waals surface area (Å²) in [6.07, 6.45) is 1.50. The maximum absolute atomic E-state index is 12.8. The molecule has 1 aliphatic rings. The molecule has 0 unspecified atom stereocenters. The third kappa shape index (κ3) is 4.22. The highest BCUT2D eigenvalue weighted by molar-refractivity contribution is 8.18. The van der Waals surface area contributed by atoms with Crippen LogP contribution < -0.4 is 0 Å². The first-order valence-corrected chi connectivity index (χ1v) is 10.7. The Labute approximate surface area is 188 Å². The van der Waals surface area contributed by atoms with E-state index in [4.69, 9.17) is 4.42 Å². The molecular weight excluding hydrogens is 428 g/mol. The molecule has 3 aromatic rings. The topological polar surface area (TPSA) is 93.7 Å². The van der Waals surface area contributed by atoms with Gasteiger partial charge in [-0.05, 0) is 67.4 Å². The smallest absolute Gasteiger partial charge is 0.293 e. The van der Waals surface area contributed by atoms with Gasteiger partial charge < -0.3 is 4.42 Å². The van der Waals surface area contributed by atoms with Crippen molar-refractivity contribution >= 4 is 34.7 Å². The zero-order valence-electron chi connectivity index (χ0n) is 17.7. The Morgan fingerprint density at radius 1 is 1.03 bits per heavy atom. The van der Waals surface area contributed by atoms with E-state index in [1.165, 1.54) is 17.0 Å². The molecule has 32 heavy (non-hydrogen) atoms. The van der Waals surface area contributed by atoms with Crippen molar-refractivity contribution in [2.45, 2.75) is 27.3 Å². The van der Waals surface area contributed by atoms with Gasteiger partial charge in [0, 0.05) is 12.1 Å². The third-order valence-electron chi connectivity index (χ3n) is 5.31. The molecule has 1 aliphatic heterocycles. The molecule has 4 rings (SSSR count). The molecular formula is C24H20N2O5S. The van der Waals surface area contributed by atoms with Crippen LogP contribution in [0.25, 0.3) is 17.4 Å². The number of nitro groups is 1. The Balaban J connectivity index is 1.59. The van der Waals surface area contributed by atoms with Gasteiger partial charge in [0.25, 0.3) is 16.8 Å². The van der Waals surface area contributed by atoms with Gasteiger partial charge in [-0.2, -0.15) is 0 Å². The minimum atomic E-state index is -0.444. The second kappa shape index (κ2) is 8.47. The quantitative estimate of drug-likeness (QED) is 0.269. The highest BCUT2D eigenvalue weighted by Gasteiger charge is 2.35. The highest BCUT2D eigenvalue weighted by Crippen LogP contribution is 2.36. The molecule has 7 nitrogen and oxygen atoms in total. The standard InChI is InChI=1S/C24H20N2O5S/c1-14-4-6-17(7-5-14)13-25-23(27)22(32-24(25)28)12-18-8-9-21(31-18)19-10-15(2)16(3)11-20(19)26(29)30/h4-12H,13H2,1-3H3/b22-12-. The van der Waals surface area contributed by atoms with Crippen LogP contribution in [0, 0.1) is 30.9 Å². The fraction of sp³-hybridized carbons (Fsp3) is 0.167. The summed E-state index contributed by atoms with van der Waals surface area (Å²) in [5.41, 5.74) is 4.00. The van der Waals surface area contributed by atoms with Crippen LogP contribution in [0.3, 0.4) is 0 Å². The van der Waals surface area contributed by atoms with Crippen molar-refractivity contribution < 1.29 is 18.9 Å². The molecule has 162 valence electrons. The van der Waals surface area contributed by atoms with E-state index >= 15 is 0 Å². The van der Waals surface area contributed by atoms with Gasteiger partial charge in [-0.15, -0.1) is 0 Å². The van der Waals surface area contributed by atoms with E-state index in [0.717, 1.165) is 34.0 Å². The number of hydrogen-bond acceptors (Lipinski definition) is 6. The van der Waals surface area contributed by atoms with E-state index < -0.39 is 10.8 Å². The molecule has 2 aromatic carbocycles. The summed E-state index contributed by atoms with van der Waals surface area (Å²) < 4.78 is 5.79. The molecule has 0 radical (unpaired) electrons. The first kappa shape index (κ1) is 21.6. The van der Waals surface area contributed by atoms with Gasteiger partial charge in [-0.1, -0.05) is 29.8 Å². The zero-order chi connectivity index (χ0) is 23.0. The number of furan rings is 1. The summed E-state index contributed by atoms with van der Waals surface area (Å²) >= 11 is 0.847. The predicted molar refractivity (Wildman–Crippen MR) is 123 cm³/mol. The molecule has 0 bridgehead atoms. The number of hydrogen-bond donors (Lipinski definition) is 0.